The van der Waals surface area contributed by atoms with Gasteiger partial charge in [-0.1, -0.05) is 60.7 Å². The number of epoxide rings is 1. The first kappa shape index (κ1) is 10.5. The highest BCUT2D eigenvalue weighted by atomic mass is 16.6. The van der Waals surface area contributed by atoms with Gasteiger partial charge in [0.25, 0.3) is 0 Å². The average molecular weight is 226 g/mol. The van der Waals surface area contributed by atoms with Gasteiger partial charge in [0.1, 0.15) is 18.3 Å². The first-order chi connectivity index (χ1) is 8.36. The number of ether oxygens (including phenoxy) is 1. The topological polar surface area (TPSA) is 32.8 Å². The van der Waals surface area contributed by atoms with E-state index in [0.29, 0.717) is 0 Å². The number of benzene rings is 2. The molecule has 1 aliphatic rings. The average Bonchev–Trinajstić information content (AvgIpc) is 3.20. The monoisotopic (exact) mass is 226 g/mol. The summed E-state index contributed by atoms with van der Waals surface area (Å²) >= 11 is 0. The molecule has 1 heterocycles. The molecule has 0 radical (unpaired) electrons. The molecular weight excluding hydrogens is 212 g/mol. The van der Waals surface area contributed by atoms with Gasteiger partial charge in [0.15, 0.2) is 0 Å². The minimum absolute atomic E-state index is 0.0337. The Bertz CT molecular complexity index is 481. The highest BCUT2D eigenvalue weighted by Gasteiger charge is 2.45. The van der Waals surface area contributed by atoms with Crippen LogP contribution in [-0.2, 0) is 4.74 Å². The van der Waals surface area contributed by atoms with Gasteiger partial charge in [0.05, 0.1) is 0 Å². The second-order valence-electron chi connectivity index (χ2n) is 4.29. The van der Waals surface area contributed by atoms with Crippen molar-refractivity contribution in [2.24, 2.45) is 0 Å². The quantitative estimate of drug-likeness (QED) is 0.816. The molecule has 2 aromatic carbocycles. The van der Waals surface area contributed by atoms with Crippen LogP contribution in [0, 0.1) is 0 Å². The van der Waals surface area contributed by atoms with Gasteiger partial charge in [-0.2, -0.15) is 0 Å². The number of aliphatic hydroxyl groups excluding tert-OH is 1. The van der Waals surface area contributed by atoms with Crippen LogP contribution in [0.1, 0.15) is 23.3 Å². The SMILES string of the molecule is O[C@@H](c1ccccc1)[C@@H]1O[C@H]1c1ccccc1. The van der Waals surface area contributed by atoms with Crippen molar-refractivity contribution in [1.29, 1.82) is 0 Å². The van der Waals surface area contributed by atoms with Gasteiger partial charge < -0.3 is 9.84 Å². The van der Waals surface area contributed by atoms with Gasteiger partial charge in [0, 0.05) is 0 Å². The summed E-state index contributed by atoms with van der Waals surface area (Å²) in [6.07, 6.45) is -0.618. The molecule has 0 spiro atoms. The molecule has 0 aromatic heterocycles. The summed E-state index contributed by atoms with van der Waals surface area (Å²) in [4.78, 5) is 0. The minimum atomic E-state index is -0.540. The smallest absolute Gasteiger partial charge is 0.119 e. The molecule has 0 bridgehead atoms. The molecule has 3 atom stereocenters. The zero-order valence-corrected chi connectivity index (χ0v) is 9.36. The summed E-state index contributed by atoms with van der Waals surface area (Å²) in [6, 6.07) is 19.7. The third-order valence-electron chi connectivity index (χ3n) is 3.11. The van der Waals surface area contributed by atoms with E-state index in [4.69, 9.17) is 4.74 Å². The van der Waals surface area contributed by atoms with Gasteiger partial charge in [-0.3, -0.25) is 0 Å². The first-order valence-corrected chi connectivity index (χ1v) is 5.79. The molecule has 0 saturated carbocycles. The largest absolute Gasteiger partial charge is 0.386 e. The van der Waals surface area contributed by atoms with Crippen LogP contribution in [-0.4, -0.2) is 11.2 Å². The molecule has 3 rings (SSSR count). The minimum Gasteiger partial charge on any atom is -0.386 e. The van der Waals surface area contributed by atoms with Crippen molar-refractivity contribution in [3.8, 4) is 0 Å². The van der Waals surface area contributed by atoms with Crippen molar-refractivity contribution in [3.63, 3.8) is 0 Å². The van der Waals surface area contributed by atoms with E-state index in [9.17, 15) is 5.11 Å². The highest BCUT2D eigenvalue weighted by Crippen LogP contribution is 2.45. The standard InChI is InChI=1S/C15H14O2/c16-13(11-7-3-1-4-8-11)15-14(17-15)12-9-5-2-6-10-12/h1-10,13-16H/t13-,14-,15-/m0/s1. The Morgan fingerprint density at radius 2 is 1.47 bits per heavy atom. The Labute approximate surface area is 100 Å². The first-order valence-electron chi connectivity index (χ1n) is 5.79. The molecule has 17 heavy (non-hydrogen) atoms. The maximum Gasteiger partial charge on any atom is 0.119 e. The Kier molecular flexibility index (Phi) is 2.67. The van der Waals surface area contributed by atoms with Gasteiger partial charge in [0.2, 0.25) is 0 Å². The Morgan fingerprint density at radius 3 is 2.12 bits per heavy atom. The second kappa shape index (κ2) is 4.32. The van der Waals surface area contributed by atoms with Crippen molar-refractivity contribution in [1.82, 2.24) is 0 Å². The van der Waals surface area contributed by atoms with Gasteiger partial charge >= 0.3 is 0 Å². The van der Waals surface area contributed by atoms with Crippen LogP contribution >= 0.6 is 0 Å². The third kappa shape index (κ3) is 2.09. The van der Waals surface area contributed by atoms with Crippen LogP contribution in [0.25, 0.3) is 0 Å². The summed E-state index contributed by atoms with van der Waals surface area (Å²) in [5.74, 6) is 0. The highest BCUT2D eigenvalue weighted by molar-refractivity contribution is 5.26. The molecule has 1 fully saturated rings. The van der Waals surface area contributed by atoms with E-state index in [0.717, 1.165) is 11.1 Å². The fraction of sp³-hybridized carbons (Fsp3) is 0.200. The number of hydrogen-bond donors (Lipinski definition) is 1. The summed E-state index contributed by atoms with van der Waals surface area (Å²) in [5, 5.41) is 10.2. The molecular formula is C15H14O2. The molecule has 0 unspecified atom stereocenters. The predicted octanol–water partition coefficient (Wildman–Crippen LogP) is 2.86. The normalized spacial score (nSPS) is 24.3. The van der Waals surface area contributed by atoms with E-state index in [1.54, 1.807) is 0 Å². The van der Waals surface area contributed by atoms with E-state index >= 15 is 0 Å². The van der Waals surface area contributed by atoms with Crippen molar-refractivity contribution >= 4 is 0 Å². The van der Waals surface area contributed by atoms with E-state index in [1.807, 2.05) is 60.7 Å². The maximum atomic E-state index is 10.2. The molecule has 1 N–H and O–H groups in total. The number of rotatable bonds is 3. The van der Waals surface area contributed by atoms with Crippen LogP contribution in [0.15, 0.2) is 60.7 Å². The fourth-order valence-electron chi connectivity index (χ4n) is 2.11. The number of hydrogen-bond acceptors (Lipinski definition) is 2. The lowest BCUT2D eigenvalue weighted by Crippen LogP contribution is -2.05. The van der Waals surface area contributed by atoms with Crippen LogP contribution in [0.5, 0.6) is 0 Å². The maximum absolute atomic E-state index is 10.2. The van der Waals surface area contributed by atoms with Crippen molar-refractivity contribution in [2.75, 3.05) is 0 Å². The van der Waals surface area contributed by atoms with Crippen LogP contribution < -0.4 is 0 Å². The Balaban J connectivity index is 1.73. The van der Waals surface area contributed by atoms with E-state index < -0.39 is 6.10 Å². The van der Waals surface area contributed by atoms with E-state index in [-0.39, 0.29) is 12.2 Å². The number of aliphatic hydroxyl groups is 1. The summed E-state index contributed by atoms with van der Waals surface area (Å²) in [6.45, 7) is 0. The van der Waals surface area contributed by atoms with Gasteiger partial charge in [-0.25, -0.2) is 0 Å². The summed E-state index contributed by atoms with van der Waals surface area (Å²) < 4.78 is 5.57. The lowest BCUT2D eigenvalue weighted by Gasteiger charge is -2.07. The van der Waals surface area contributed by atoms with Crippen LogP contribution in [0.3, 0.4) is 0 Å². The van der Waals surface area contributed by atoms with E-state index in [1.165, 1.54) is 0 Å². The van der Waals surface area contributed by atoms with Gasteiger partial charge in [-0.15, -0.1) is 0 Å². The molecule has 86 valence electrons. The van der Waals surface area contributed by atoms with Crippen LogP contribution in [0.4, 0.5) is 0 Å². The third-order valence-corrected chi connectivity index (χ3v) is 3.11. The van der Waals surface area contributed by atoms with Crippen LogP contribution in [0.2, 0.25) is 0 Å². The predicted molar refractivity (Wildman–Crippen MR) is 65.5 cm³/mol. The van der Waals surface area contributed by atoms with Crippen molar-refractivity contribution < 1.29 is 9.84 Å². The fourth-order valence-corrected chi connectivity index (χ4v) is 2.11. The molecule has 2 heteroatoms. The molecule has 2 aromatic rings. The molecule has 1 saturated heterocycles. The zero-order chi connectivity index (χ0) is 11.7. The Hall–Kier alpha value is -1.64. The summed E-state index contributed by atoms with van der Waals surface area (Å²) in [7, 11) is 0. The van der Waals surface area contributed by atoms with Gasteiger partial charge in [-0.05, 0) is 11.1 Å². The molecule has 1 aliphatic heterocycles. The Morgan fingerprint density at radius 1 is 0.882 bits per heavy atom. The second-order valence-corrected chi connectivity index (χ2v) is 4.29. The van der Waals surface area contributed by atoms with Crippen molar-refractivity contribution in [3.05, 3.63) is 71.8 Å². The molecule has 0 aliphatic carbocycles. The summed E-state index contributed by atoms with van der Waals surface area (Å²) in [5.41, 5.74) is 2.04. The lowest BCUT2D eigenvalue weighted by atomic mass is 10.0. The lowest BCUT2D eigenvalue weighted by molar-refractivity contribution is 0.137. The zero-order valence-electron chi connectivity index (χ0n) is 9.36. The van der Waals surface area contributed by atoms with Crippen molar-refractivity contribution in [2.45, 2.75) is 18.3 Å². The van der Waals surface area contributed by atoms with E-state index in [2.05, 4.69) is 0 Å². The molecule has 2 nitrogen and oxygen atoms in total. The molecule has 0 amide bonds.